The Morgan fingerprint density at radius 3 is 2.79 bits per heavy atom. The fraction of sp³-hybridized carbons (Fsp3) is 0.444. The van der Waals surface area contributed by atoms with Crippen molar-refractivity contribution in [3.63, 3.8) is 0 Å². The van der Waals surface area contributed by atoms with Gasteiger partial charge in [0.15, 0.2) is 0 Å². The second-order valence-electron chi connectivity index (χ2n) is 5.89. The minimum Gasteiger partial charge on any atom is -0.497 e. The highest BCUT2D eigenvalue weighted by molar-refractivity contribution is 5.40. The Morgan fingerprint density at radius 2 is 2.04 bits per heavy atom. The molecule has 0 bridgehead atoms. The fourth-order valence-electron chi connectivity index (χ4n) is 3.03. The van der Waals surface area contributed by atoms with E-state index in [1.807, 2.05) is 24.3 Å². The Hall–Kier alpha value is -2.34. The molecule has 6 nitrogen and oxygen atoms in total. The number of nitrogens with one attached hydrogen (secondary N) is 1. The molecule has 1 aliphatic rings. The molecule has 6 heteroatoms. The first-order valence-corrected chi connectivity index (χ1v) is 8.26. The minimum atomic E-state index is 0.411. The Morgan fingerprint density at radius 1 is 1.21 bits per heavy atom. The molecule has 3 rings (SSSR count). The average Bonchev–Trinajstić information content (AvgIpc) is 2.67. The Balaban J connectivity index is 1.60. The summed E-state index contributed by atoms with van der Waals surface area (Å²) in [4.78, 5) is 11.0. The maximum absolute atomic E-state index is 5.47. The topological polar surface area (TPSA) is 59.5 Å². The molecule has 0 aliphatic carbocycles. The van der Waals surface area contributed by atoms with Crippen LogP contribution in [-0.2, 0) is 6.54 Å². The van der Waals surface area contributed by atoms with Gasteiger partial charge in [-0.15, -0.1) is 0 Å². The van der Waals surface area contributed by atoms with Crippen molar-refractivity contribution in [1.29, 1.82) is 0 Å². The van der Waals surface area contributed by atoms with Crippen molar-refractivity contribution in [3.05, 3.63) is 42.2 Å². The number of hydrogen-bond acceptors (Lipinski definition) is 6. The predicted molar refractivity (Wildman–Crippen MR) is 93.7 cm³/mol. The monoisotopic (exact) mass is 328 g/mol. The van der Waals surface area contributed by atoms with Gasteiger partial charge in [0.05, 0.1) is 14.2 Å². The number of hydrogen-bond donors (Lipinski definition) is 1. The van der Waals surface area contributed by atoms with Crippen LogP contribution in [-0.4, -0.2) is 43.3 Å². The average molecular weight is 328 g/mol. The van der Waals surface area contributed by atoms with Gasteiger partial charge in [-0.25, -0.2) is 9.97 Å². The molecule has 0 spiro atoms. The molecular formula is C18H24N4O2. The second kappa shape index (κ2) is 7.97. The van der Waals surface area contributed by atoms with Gasteiger partial charge in [0, 0.05) is 49.7 Å². The molecule has 1 N–H and O–H groups in total. The maximum atomic E-state index is 5.47. The van der Waals surface area contributed by atoms with E-state index in [0.29, 0.717) is 6.04 Å². The van der Waals surface area contributed by atoms with Crippen LogP contribution in [0.15, 0.2) is 36.7 Å². The molecule has 1 atom stereocenters. The van der Waals surface area contributed by atoms with Crippen LogP contribution in [0, 0.1) is 0 Å². The molecule has 1 saturated heterocycles. The molecule has 1 fully saturated rings. The Labute approximate surface area is 142 Å². The molecule has 24 heavy (non-hydrogen) atoms. The van der Waals surface area contributed by atoms with E-state index in [2.05, 4.69) is 20.2 Å². The molecule has 2 heterocycles. The van der Waals surface area contributed by atoms with Crippen LogP contribution in [0.25, 0.3) is 0 Å². The first-order valence-electron chi connectivity index (χ1n) is 8.26. The van der Waals surface area contributed by atoms with Gasteiger partial charge in [-0.1, -0.05) is 6.07 Å². The number of rotatable bonds is 6. The summed E-state index contributed by atoms with van der Waals surface area (Å²) in [7, 11) is 3.35. The number of nitrogens with zero attached hydrogens (tertiary/aromatic N) is 3. The van der Waals surface area contributed by atoms with Crippen LogP contribution in [0.3, 0.4) is 0 Å². The molecule has 1 aliphatic heterocycles. The van der Waals surface area contributed by atoms with Crippen LogP contribution < -0.4 is 19.7 Å². The number of methoxy groups -OCH3 is 2. The summed E-state index contributed by atoms with van der Waals surface area (Å²) in [6.07, 6.45) is 5.88. The molecule has 0 saturated carbocycles. The van der Waals surface area contributed by atoms with E-state index < -0.39 is 0 Å². The lowest BCUT2D eigenvalue weighted by Gasteiger charge is -2.33. The van der Waals surface area contributed by atoms with Crippen molar-refractivity contribution in [2.24, 2.45) is 0 Å². The Kier molecular flexibility index (Phi) is 5.48. The molecule has 2 aromatic rings. The van der Waals surface area contributed by atoms with Crippen molar-refractivity contribution < 1.29 is 9.47 Å². The number of aromatic nitrogens is 2. The van der Waals surface area contributed by atoms with Crippen LogP contribution in [0.2, 0.25) is 0 Å². The van der Waals surface area contributed by atoms with Gasteiger partial charge < -0.3 is 19.7 Å². The largest absolute Gasteiger partial charge is 0.497 e. The number of ether oxygens (including phenoxy) is 2. The summed E-state index contributed by atoms with van der Waals surface area (Å²) < 4.78 is 10.7. The third kappa shape index (κ3) is 3.94. The lowest BCUT2D eigenvalue weighted by Crippen LogP contribution is -2.46. The summed E-state index contributed by atoms with van der Waals surface area (Å²) in [6.45, 7) is 2.69. The van der Waals surface area contributed by atoms with Gasteiger partial charge in [-0.3, -0.25) is 0 Å². The first-order chi connectivity index (χ1) is 11.8. The van der Waals surface area contributed by atoms with E-state index in [1.54, 1.807) is 26.6 Å². The molecule has 1 unspecified atom stereocenters. The quantitative estimate of drug-likeness (QED) is 0.878. The fourth-order valence-corrected chi connectivity index (χ4v) is 3.03. The lowest BCUT2D eigenvalue weighted by molar-refractivity contribution is 0.383. The SMILES string of the molecule is COc1ccc(CNC2CCCN(c3ncccn3)C2)c(OC)c1. The van der Waals surface area contributed by atoms with Crippen molar-refractivity contribution >= 4 is 5.95 Å². The van der Waals surface area contributed by atoms with Crippen molar-refractivity contribution in [3.8, 4) is 11.5 Å². The van der Waals surface area contributed by atoms with Gasteiger partial charge in [-0.05, 0) is 25.0 Å². The summed E-state index contributed by atoms with van der Waals surface area (Å²) in [5, 5.41) is 3.63. The van der Waals surface area contributed by atoms with Crippen LogP contribution in [0.1, 0.15) is 18.4 Å². The third-order valence-corrected chi connectivity index (χ3v) is 4.33. The molecule has 0 radical (unpaired) electrons. The summed E-state index contributed by atoms with van der Waals surface area (Å²) in [5.74, 6) is 2.47. The zero-order valence-electron chi connectivity index (χ0n) is 14.2. The lowest BCUT2D eigenvalue weighted by atomic mass is 10.1. The standard InChI is InChI=1S/C18H24N4O2/c1-23-16-7-6-14(17(11-16)24-2)12-21-15-5-3-10-22(13-15)18-19-8-4-9-20-18/h4,6-9,11,15,21H,3,5,10,12-13H2,1-2H3. The summed E-state index contributed by atoms with van der Waals surface area (Å²) in [6, 6.07) is 8.19. The molecule has 128 valence electrons. The highest BCUT2D eigenvalue weighted by Crippen LogP contribution is 2.25. The maximum Gasteiger partial charge on any atom is 0.225 e. The van der Waals surface area contributed by atoms with Crippen LogP contribution in [0.5, 0.6) is 11.5 Å². The van der Waals surface area contributed by atoms with E-state index in [0.717, 1.165) is 55.5 Å². The van der Waals surface area contributed by atoms with E-state index in [1.165, 1.54) is 0 Å². The predicted octanol–water partition coefficient (Wildman–Crippen LogP) is 2.25. The molecule has 1 aromatic heterocycles. The zero-order chi connectivity index (χ0) is 16.8. The highest BCUT2D eigenvalue weighted by atomic mass is 16.5. The highest BCUT2D eigenvalue weighted by Gasteiger charge is 2.21. The van der Waals surface area contributed by atoms with Gasteiger partial charge in [0.2, 0.25) is 5.95 Å². The van der Waals surface area contributed by atoms with Gasteiger partial charge in [-0.2, -0.15) is 0 Å². The van der Waals surface area contributed by atoms with Crippen molar-refractivity contribution in [2.75, 3.05) is 32.2 Å². The normalized spacial score (nSPS) is 17.6. The van der Waals surface area contributed by atoms with E-state index in [9.17, 15) is 0 Å². The summed E-state index contributed by atoms with van der Waals surface area (Å²) >= 11 is 0. The minimum absolute atomic E-state index is 0.411. The van der Waals surface area contributed by atoms with Gasteiger partial charge in [0.1, 0.15) is 11.5 Å². The smallest absolute Gasteiger partial charge is 0.225 e. The van der Waals surface area contributed by atoms with E-state index >= 15 is 0 Å². The second-order valence-corrected chi connectivity index (χ2v) is 5.89. The summed E-state index contributed by atoms with van der Waals surface area (Å²) in [5.41, 5.74) is 1.13. The molecule has 1 aromatic carbocycles. The first kappa shape index (κ1) is 16.5. The number of piperidine rings is 1. The van der Waals surface area contributed by atoms with Crippen LogP contribution >= 0.6 is 0 Å². The van der Waals surface area contributed by atoms with Gasteiger partial charge in [0.25, 0.3) is 0 Å². The molecule has 0 amide bonds. The number of anilines is 1. The number of benzene rings is 1. The van der Waals surface area contributed by atoms with E-state index in [-0.39, 0.29) is 0 Å². The zero-order valence-corrected chi connectivity index (χ0v) is 14.2. The van der Waals surface area contributed by atoms with Crippen molar-refractivity contribution in [1.82, 2.24) is 15.3 Å². The van der Waals surface area contributed by atoms with Gasteiger partial charge >= 0.3 is 0 Å². The third-order valence-electron chi connectivity index (χ3n) is 4.33. The van der Waals surface area contributed by atoms with Crippen LogP contribution in [0.4, 0.5) is 5.95 Å². The molecular weight excluding hydrogens is 304 g/mol. The van der Waals surface area contributed by atoms with Crippen molar-refractivity contribution in [2.45, 2.75) is 25.4 Å². The van der Waals surface area contributed by atoms with E-state index in [4.69, 9.17) is 9.47 Å². The Bertz CT molecular complexity index is 651.